The number of carbonyl (C=O) groups excluding carboxylic acids is 1. The van der Waals surface area contributed by atoms with Gasteiger partial charge in [0, 0.05) is 11.3 Å². The van der Waals surface area contributed by atoms with Gasteiger partial charge in [-0.05, 0) is 25.7 Å². The highest BCUT2D eigenvalue weighted by Crippen LogP contribution is 2.31. The second-order valence-electron chi connectivity index (χ2n) is 4.17. The highest BCUT2D eigenvalue weighted by molar-refractivity contribution is 8.13. The number of rotatable bonds is 2. The summed E-state index contributed by atoms with van der Waals surface area (Å²) in [5.41, 5.74) is 2.70. The third kappa shape index (κ3) is 2.48. The fraction of sp³-hybridized carbons (Fsp3) is 0.286. The molecule has 0 aliphatic carbocycles. The number of hydrogen-bond acceptors (Lipinski definition) is 4. The summed E-state index contributed by atoms with van der Waals surface area (Å²) in [6.45, 7) is 3.52. The van der Waals surface area contributed by atoms with Crippen LogP contribution in [0, 0.1) is 0 Å². The van der Waals surface area contributed by atoms with Crippen LogP contribution in [0.3, 0.4) is 0 Å². The minimum Gasteiger partial charge on any atom is -0.338 e. The number of allylic oxidation sites excluding steroid dienone is 1. The van der Waals surface area contributed by atoms with Crippen LogP contribution < -0.4 is 5.32 Å². The molecule has 0 fully saturated rings. The van der Waals surface area contributed by atoms with Crippen LogP contribution in [0.2, 0.25) is 0 Å². The molecule has 1 aliphatic rings. The third-order valence-corrected chi connectivity index (χ3v) is 3.50. The molecule has 94 valence electrons. The molecule has 1 heterocycles. The highest BCUT2D eigenvalue weighted by Gasteiger charge is 2.26. The molecular weight excluding hydrogens is 244 g/mol. The molecule has 1 atom stereocenters. The van der Waals surface area contributed by atoms with E-state index in [1.165, 1.54) is 0 Å². The van der Waals surface area contributed by atoms with Gasteiger partial charge in [-0.3, -0.25) is 4.79 Å². The number of benzene rings is 1. The summed E-state index contributed by atoms with van der Waals surface area (Å²) in [7, 11) is 0. The first-order valence-electron chi connectivity index (χ1n) is 5.79. The zero-order chi connectivity index (χ0) is 13.1. The lowest BCUT2D eigenvalue weighted by molar-refractivity contribution is -0.113. The van der Waals surface area contributed by atoms with Crippen LogP contribution >= 0.6 is 11.8 Å². The van der Waals surface area contributed by atoms with E-state index in [-0.39, 0.29) is 11.8 Å². The first-order valence-corrected chi connectivity index (χ1v) is 7.01. The minimum absolute atomic E-state index is 0.0674. The number of nitrogens with one attached hydrogen (secondary N) is 1. The lowest BCUT2D eigenvalue weighted by Gasteiger charge is -2.25. The quantitative estimate of drug-likeness (QED) is 0.889. The lowest BCUT2D eigenvalue weighted by atomic mass is 9.94. The van der Waals surface area contributed by atoms with Crippen molar-refractivity contribution in [3.8, 4) is 0 Å². The Balaban J connectivity index is 2.48. The molecule has 2 rings (SSSR count). The smallest absolute Gasteiger partial charge is 0.161 e. The van der Waals surface area contributed by atoms with Gasteiger partial charge in [0.1, 0.15) is 6.04 Å². The number of amidine groups is 1. The van der Waals surface area contributed by atoms with Crippen LogP contribution in [0.1, 0.15) is 25.5 Å². The Kier molecular flexibility index (Phi) is 3.87. The van der Waals surface area contributed by atoms with Crippen molar-refractivity contribution in [1.29, 1.82) is 0 Å². The van der Waals surface area contributed by atoms with Crippen molar-refractivity contribution < 1.29 is 4.79 Å². The fourth-order valence-electron chi connectivity index (χ4n) is 2.08. The zero-order valence-corrected chi connectivity index (χ0v) is 11.5. The largest absolute Gasteiger partial charge is 0.338 e. The van der Waals surface area contributed by atoms with Crippen LogP contribution in [0.25, 0.3) is 0 Å². The molecule has 4 heteroatoms. The molecule has 1 unspecified atom stereocenters. The maximum Gasteiger partial charge on any atom is 0.161 e. The summed E-state index contributed by atoms with van der Waals surface area (Å²) in [5, 5.41) is 4.02. The summed E-state index contributed by atoms with van der Waals surface area (Å²) < 4.78 is 0. The molecule has 0 amide bonds. The molecule has 1 aliphatic heterocycles. The van der Waals surface area contributed by atoms with Crippen molar-refractivity contribution >= 4 is 22.7 Å². The van der Waals surface area contributed by atoms with Crippen molar-refractivity contribution in [2.75, 3.05) is 6.26 Å². The van der Waals surface area contributed by atoms with E-state index in [0.29, 0.717) is 0 Å². The van der Waals surface area contributed by atoms with E-state index in [2.05, 4.69) is 10.3 Å². The van der Waals surface area contributed by atoms with Crippen LogP contribution in [0.4, 0.5) is 0 Å². The number of hydrogen-bond donors (Lipinski definition) is 1. The predicted octanol–water partition coefficient (Wildman–Crippen LogP) is 2.91. The van der Waals surface area contributed by atoms with Gasteiger partial charge >= 0.3 is 0 Å². The first-order chi connectivity index (χ1) is 8.63. The van der Waals surface area contributed by atoms with Crippen molar-refractivity contribution in [2.24, 2.45) is 4.99 Å². The molecule has 1 N–H and O–H groups in total. The van der Waals surface area contributed by atoms with Gasteiger partial charge in [0.2, 0.25) is 0 Å². The van der Waals surface area contributed by atoms with Crippen LogP contribution in [0.15, 0.2) is 46.6 Å². The SMILES string of the molecule is CSC1=NC(c2ccccc2)C(C(C)=O)=C(C)N1. The first kappa shape index (κ1) is 12.9. The van der Waals surface area contributed by atoms with Crippen molar-refractivity contribution in [3.63, 3.8) is 0 Å². The van der Waals surface area contributed by atoms with Gasteiger partial charge in [-0.25, -0.2) is 4.99 Å². The van der Waals surface area contributed by atoms with Gasteiger partial charge in [-0.2, -0.15) is 0 Å². The molecule has 1 aromatic carbocycles. The summed E-state index contributed by atoms with van der Waals surface area (Å²) in [6, 6.07) is 9.74. The summed E-state index contributed by atoms with van der Waals surface area (Å²) in [6.07, 6.45) is 1.97. The summed E-state index contributed by atoms with van der Waals surface area (Å²) >= 11 is 1.56. The number of Topliss-reactive ketones (excluding diaryl/α,β-unsaturated/α-hetero) is 1. The van der Waals surface area contributed by atoms with E-state index in [1.807, 2.05) is 43.5 Å². The highest BCUT2D eigenvalue weighted by atomic mass is 32.2. The van der Waals surface area contributed by atoms with E-state index < -0.39 is 0 Å². The van der Waals surface area contributed by atoms with Gasteiger partial charge in [0.05, 0.1) is 0 Å². The van der Waals surface area contributed by atoms with Crippen LogP contribution in [0.5, 0.6) is 0 Å². The average molecular weight is 260 g/mol. The number of carbonyl (C=O) groups is 1. The van der Waals surface area contributed by atoms with Gasteiger partial charge in [-0.1, -0.05) is 42.1 Å². The Labute approximate surface area is 111 Å². The minimum atomic E-state index is -0.188. The van der Waals surface area contributed by atoms with Gasteiger partial charge < -0.3 is 5.32 Å². The molecule has 18 heavy (non-hydrogen) atoms. The molecule has 0 aromatic heterocycles. The molecule has 1 aromatic rings. The molecule has 0 spiro atoms. The van der Waals surface area contributed by atoms with Crippen molar-refractivity contribution in [1.82, 2.24) is 5.32 Å². The molecule has 0 radical (unpaired) electrons. The van der Waals surface area contributed by atoms with Crippen LogP contribution in [-0.2, 0) is 4.79 Å². The Bertz CT molecular complexity index is 520. The second-order valence-corrected chi connectivity index (χ2v) is 4.97. The molecule has 0 saturated heterocycles. The van der Waals surface area contributed by atoms with E-state index in [1.54, 1.807) is 18.7 Å². The average Bonchev–Trinajstić information content (AvgIpc) is 2.38. The molecule has 3 nitrogen and oxygen atoms in total. The van der Waals surface area contributed by atoms with E-state index in [9.17, 15) is 4.79 Å². The molecule has 0 bridgehead atoms. The van der Waals surface area contributed by atoms with Crippen molar-refractivity contribution in [2.45, 2.75) is 19.9 Å². The number of nitrogens with zero attached hydrogens (tertiary/aromatic N) is 1. The van der Waals surface area contributed by atoms with E-state index in [4.69, 9.17) is 0 Å². The summed E-state index contributed by atoms with van der Waals surface area (Å²) in [5.74, 6) is 0.0674. The predicted molar refractivity (Wildman–Crippen MR) is 76.6 cm³/mol. The van der Waals surface area contributed by atoms with Crippen LogP contribution in [-0.4, -0.2) is 17.2 Å². The summed E-state index contributed by atoms with van der Waals surface area (Å²) in [4.78, 5) is 16.4. The Morgan fingerprint density at radius 3 is 2.56 bits per heavy atom. The number of ketones is 1. The van der Waals surface area contributed by atoms with Crippen molar-refractivity contribution in [3.05, 3.63) is 47.2 Å². The van der Waals surface area contributed by atoms with E-state index in [0.717, 1.165) is 22.0 Å². The Morgan fingerprint density at radius 2 is 2.00 bits per heavy atom. The standard InChI is InChI=1S/C14H16N2OS/c1-9-12(10(2)17)13(16-14(15-9)18-3)11-7-5-4-6-8-11/h4-8,13H,1-3H3,(H,15,16). The maximum atomic E-state index is 11.8. The monoisotopic (exact) mass is 260 g/mol. The number of thioether (sulfide) groups is 1. The maximum absolute atomic E-state index is 11.8. The molecular formula is C14H16N2OS. The normalized spacial score (nSPS) is 19.3. The topological polar surface area (TPSA) is 41.5 Å². The lowest BCUT2D eigenvalue weighted by Crippen LogP contribution is -2.28. The van der Waals surface area contributed by atoms with Gasteiger partial charge in [0.25, 0.3) is 0 Å². The Morgan fingerprint density at radius 1 is 1.33 bits per heavy atom. The Hall–Kier alpha value is -1.55. The fourth-order valence-corrected chi connectivity index (χ4v) is 2.55. The van der Waals surface area contributed by atoms with Gasteiger partial charge in [-0.15, -0.1) is 0 Å². The number of aliphatic imine (C=N–C) groups is 1. The second kappa shape index (κ2) is 5.40. The van der Waals surface area contributed by atoms with Gasteiger partial charge in [0.15, 0.2) is 11.0 Å². The molecule has 0 saturated carbocycles. The zero-order valence-electron chi connectivity index (χ0n) is 10.7. The third-order valence-electron chi connectivity index (χ3n) is 2.91. The van der Waals surface area contributed by atoms with E-state index >= 15 is 0 Å².